The SMILES string of the molecule is CC1(C)CN(CC(N)=S)CCS1. The maximum Gasteiger partial charge on any atom is 0.0870 e. The third-order valence-corrected chi connectivity index (χ3v) is 3.31. The van der Waals surface area contributed by atoms with Crippen molar-refractivity contribution in [2.24, 2.45) is 5.73 Å². The Morgan fingerprint density at radius 1 is 1.67 bits per heavy atom. The van der Waals surface area contributed by atoms with E-state index < -0.39 is 0 Å². The van der Waals surface area contributed by atoms with E-state index in [9.17, 15) is 0 Å². The Morgan fingerprint density at radius 2 is 2.33 bits per heavy atom. The molecule has 1 aliphatic heterocycles. The summed E-state index contributed by atoms with van der Waals surface area (Å²) in [7, 11) is 0. The number of nitrogens with zero attached hydrogens (tertiary/aromatic N) is 1. The summed E-state index contributed by atoms with van der Waals surface area (Å²) in [5, 5.41) is 0. The van der Waals surface area contributed by atoms with E-state index in [1.807, 2.05) is 11.8 Å². The first kappa shape index (κ1) is 10.3. The van der Waals surface area contributed by atoms with Crippen molar-refractivity contribution in [3.63, 3.8) is 0 Å². The Bertz CT molecular complexity index is 180. The normalized spacial score (nSPS) is 23.8. The highest BCUT2D eigenvalue weighted by Gasteiger charge is 2.26. The highest BCUT2D eigenvalue weighted by atomic mass is 32.2. The van der Waals surface area contributed by atoms with Gasteiger partial charge in [-0.3, -0.25) is 4.90 Å². The van der Waals surface area contributed by atoms with Crippen molar-refractivity contribution in [1.29, 1.82) is 0 Å². The maximum absolute atomic E-state index is 5.49. The number of thiocarbonyl (C=S) groups is 1. The van der Waals surface area contributed by atoms with Gasteiger partial charge in [0.05, 0.1) is 4.99 Å². The van der Waals surface area contributed by atoms with Crippen molar-refractivity contribution in [2.75, 3.05) is 25.4 Å². The highest BCUT2D eigenvalue weighted by molar-refractivity contribution is 8.00. The zero-order valence-corrected chi connectivity index (χ0v) is 9.30. The standard InChI is InChI=1S/C8H16N2S2/c1-8(2)6-10(3-4-12-8)5-7(9)11/h3-6H2,1-2H3,(H2,9,11). The summed E-state index contributed by atoms with van der Waals surface area (Å²) in [6.07, 6.45) is 0. The summed E-state index contributed by atoms with van der Waals surface area (Å²) >= 11 is 6.91. The van der Waals surface area contributed by atoms with Gasteiger partial charge in [0.25, 0.3) is 0 Å². The largest absolute Gasteiger partial charge is 0.392 e. The smallest absolute Gasteiger partial charge is 0.0870 e. The van der Waals surface area contributed by atoms with Gasteiger partial charge < -0.3 is 5.73 Å². The molecule has 0 unspecified atom stereocenters. The first-order chi connectivity index (χ1) is 5.49. The second-order valence-electron chi connectivity index (χ2n) is 3.79. The van der Waals surface area contributed by atoms with Crippen LogP contribution < -0.4 is 5.73 Å². The summed E-state index contributed by atoms with van der Waals surface area (Å²) in [6, 6.07) is 0. The highest BCUT2D eigenvalue weighted by Crippen LogP contribution is 2.29. The molecule has 0 atom stereocenters. The molecule has 1 fully saturated rings. The van der Waals surface area contributed by atoms with Gasteiger partial charge in [-0.05, 0) is 13.8 Å². The van der Waals surface area contributed by atoms with Crippen LogP contribution in [0.3, 0.4) is 0 Å². The second-order valence-corrected chi connectivity index (χ2v) is 6.11. The molecule has 12 heavy (non-hydrogen) atoms. The third-order valence-electron chi connectivity index (χ3n) is 1.88. The van der Waals surface area contributed by atoms with Crippen LogP contribution in [0.1, 0.15) is 13.8 Å². The maximum atomic E-state index is 5.49. The quantitative estimate of drug-likeness (QED) is 0.682. The van der Waals surface area contributed by atoms with Crippen molar-refractivity contribution in [1.82, 2.24) is 4.90 Å². The van der Waals surface area contributed by atoms with Crippen LogP contribution in [-0.2, 0) is 0 Å². The van der Waals surface area contributed by atoms with Crippen LogP contribution in [0.25, 0.3) is 0 Å². The van der Waals surface area contributed by atoms with Crippen LogP contribution in [0.4, 0.5) is 0 Å². The van der Waals surface area contributed by atoms with Gasteiger partial charge in [-0.25, -0.2) is 0 Å². The summed E-state index contributed by atoms with van der Waals surface area (Å²) < 4.78 is 0.364. The topological polar surface area (TPSA) is 29.3 Å². The molecule has 70 valence electrons. The summed E-state index contributed by atoms with van der Waals surface area (Å²) in [5.41, 5.74) is 5.49. The molecule has 0 amide bonds. The van der Waals surface area contributed by atoms with Crippen LogP contribution in [0.5, 0.6) is 0 Å². The van der Waals surface area contributed by atoms with Crippen molar-refractivity contribution in [3.8, 4) is 0 Å². The van der Waals surface area contributed by atoms with Gasteiger partial charge in [-0.2, -0.15) is 11.8 Å². The average Bonchev–Trinajstić information content (AvgIpc) is 1.82. The molecule has 0 saturated carbocycles. The van der Waals surface area contributed by atoms with Crippen LogP contribution >= 0.6 is 24.0 Å². The number of rotatable bonds is 2. The summed E-state index contributed by atoms with van der Waals surface area (Å²) in [6.45, 7) is 7.52. The van der Waals surface area contributed by atoms with E-state index in [2.05, 4.69) is 18.7 Å². The van der Waals surface area contributed by atoms with E-state index in [0.29, 0.717) is 9.74 Å². The van der Waals surface area contributed by atoms with Crippen molar-refractivity contribution in [2.45, 2.75) is 18.6 Å². The molecule has 1 heterocycles. The molecular formula is C8H16N2S2. The minimum atomic E-state index is 0.364. The van der Waals surface area contributed by atoms with Crippen LogP contribution in [0.2, 0.25) is 0 Å². The molecular weight excluding hydrogens is 188 g/mol. The molecule has 0 aromatic heterocycles. The van der Waals surface area contributed by atoms with Gasteiger partial charge in [0.15, 0.2) is 0 Å². The lowest BCUT2D eigenvalue weighted by atomic mass is 10.2. The van der Waals surface area contributed by atoms with Gasteiger partial charge in [-0.1, -0.05) is 12.2 Å². The lowest BCUT2D eigenvalue weighted by Gasteiger charge is -2.37. The molecule has 2 N–H and O–H groups in total. The number of hydrogen-bond donors (Lipinski definition) is 1. The minimum absolute atomic E-state index is 0.364. The fourth-order valence-corrected chi connectivity index (χ4v) is 2.83. The minimum Gasteiger partial charge on any atom is -0.392 e. The fourth-order valence-electron chi connectivity index (χ4n) is 1.47. The molecule has 0 bridgehead atoms. The zero-order valence-electron chi connectivity index (χ0n) is 7.67. The van der Waals surface area contributed by atoms with E-state index in [4.69, 9.17) is 18.0 Å². The Balaban J connectivity index is 2.41. The number of hydrogen-bond acceptors (Lipinski definition) is 3. The summed E-state index contributed by atoms with van der Waals surface area (Å²) in [5.74, 6) is 1.19. The van der Waals surface area contributed by atoms with Gasteiger partial charge in [0.2, 0.25) is 0 Å². The molecule has 1 rings (SSSR count). The van der Waals surface area contributed by atoms with Gasteiger partial charge in [0, 0.05) is 30.1 Å². The summed E-state index contributed by atoms with van der Waals surface area (Å²) in [4.78, 5) is 2.94. The first-order valence-corrected chi connectivity index (χ1v) is 5.54. The molecule has 1 saturated heterocycles. The Hall–Kier alpha value is 0.200. The van der Waals surface area contributed by atoms with Crippen LogP contribution in [-0.4, -0.2) is 40.0 Å². The molecule has 1 aliphatic rings. The first-order valence-electron chi connectivity index (χ1n) is 4.14. The molecule has 0 radical (unpaired) electrons. The van der Waals surface area contributed by atoms with E-state index in [-0.39, 0.29) is 0 Å². The molecule has 0 aromatic rings. The predicted molar refractivity (Wildman–Crippen MR) is 59.8 cm³/mol. The monoisotopic (exact) mass is 204 g/mol. The molecule has 4 heteroatoms. The average molecular weight is 204 g/mol. The Morgan fingerprint density at radius 3 is 2.83 bits per heavy atom. The fraction of sp³-hybridized carbons (Fsp3) is 0.875. The van der Waals surface area contributed by atoms with Gasteiger partial charge >= 0.3 is 0 Å². The van der Waals surface area contributed by atoms with Crippen molar-refractivity contribution in [3.05, 3.63) is 0 Å². The van der Waals surface area contributed by atoms with E-state index in [1.54, 1.807) is 0 Å². The molecule has 0 aromatic carbocycles. The van der Waals surface area contributed by atoms with Crippen LogP contribution in [0.15, 0.2) is 0 Å². The van der Waals surface area contributed by atoms with Gasteiger partial charge in [-0.15, -0.1) is 0 Å². The lowest BCUT2D eigenvalue weighted by Crippen LogP contribution is -2.46. The number of thioether (sulfide) groups is 1. The van der Waals surface area contributed by atoms with E-state index in [1.165, 1.54) is 5.75 Å². The predicted octanol–water partition coefficient (Wildman–Crippen LogP) is 1.10. The van der Waals surface area contributed by atoms with Crippen molar-refractivity contribution < 1.29 is 0 Å². The molecule has 0 aliphatic carbocycles. The zero-order chi connectivity index (χ0) is 9.19. The number of nitrogens with two attached hydrogens (primary N) is 1. The van der Waals surface area contributed by atoms with E-state index in [0.717, 1.165) is 19.6 Å². The molecule has 0 spiro atoms. The lowest BCUT2D eigenvalue weighted by molar-refractivity contribution is 0.295. The Kier molecular flexibility index (Phi) is 3.37. The van der Waals surface area contributed by atoms with Crippen LogP contribution in [0, 0.1) is 0 Å². The Labute approximate surface area is 83.9 Å². The second kappa shape index (κ2) is 3.94. The molecule has 2 nitrogen and oxygen atoms in total. The van der Waals surface area contributed by atoms with Crippen molar-refractivity contribution >= 4 is 29.0 Å². The van der Waals surface area contributed by atoms with Gasteiger partial charge in [0.1, 0.15) is 0 Å². The third kappa shape index (κ3) is 3.29. The van der Waals surface area contributed by atoms with E-state index >= 15 is 0 Å².